The Morgan fingerprint density at radius 2 is 1.00 bits per heavy atom. The molecular weight excluding hydrogens is 326 g/mol. The Hall–Kier alpha value is -3.63. The highest BCUT2D eigenvalue weighted by Gasteiger charge is 2.45. The van der Waals surface area contributed by atoms with Crippen LogP contribution in [0, 0.1) is 11.3 Å². The maximum atomic E-state index is 9.24. The van der Waals surface area contributed by atoms with Crippen molar-refractivity contribution in [3.63, 3.8) is 0 Å². The molecule has 0 saturated carbocycles. The lowest BCUT2D eigenvalue weighted by Gasteiger charge is -2.33. The molecule has 0 fully saturated rings. The number of nitrogens with zero attached hydrogens (tertiary/aromatic N) is 1. The van der Waals surface area contributed by atoms with E-state index in [1.807, 2.05) is 12.1 Å². The molecule has 4 aromatic carbocycles. The first kappa shape index (κ1) is 15.6. The number of rotatable bonds is 2. The quantitative estimate of drug-likeness (QED) is 0.390. The van der Waals surface area contributed by atoms with E-state index < -0.39 is 0 Å². The highest BCUT2D eigenvalue weighted by Crippen LogP contribution is 2.55. The molecule has 0 atom stereocenters. The summed E-state index contributed by atoms with van der Waals surface area (Å²) in [6.45, 7) is 0. The van der Waals surface area contributed by atoms with Crippen LogP contribution in [-0.4, -0.2) is 0 Å². The first-order valence-corrected chi connectivity index (χ1v) is 9.11. The summed E-state index contributed by atoms with van der Waals surface area (Å²) in [5, 5.41) is 9.24. The van der Waals surface area contributed by atoms with Gasteiger partial charge >= 0.3 is 0 Å². The van der Waals surface area contributed by atoms with Gasteiger partial charge in [-0.15, -0.1) is 0 Å². The minimum Gasteiger partial charge on any atom is -0.192 e. The van der Waals surface area contributed by atoms with Crippen molar-refractivity contribution in [2.45, 2.75) is 5.41 Å². The van der Waals surface area contributed by atoms with Crippen LogP contribution in [0.3, 0.4) is 0 Å². The van der Waals surface area contributed by atoms with Crippen LogP contribution in [0.1, 0.15) is 27.8 Å². The summed E-state index contributed by atoms with van der Waals surface area (Å²) in [6, 6.07) is 38.3. The van der Waals surface area contributed by atoms with Crippen molar-refractivity contribution in [2.75, 3.05) is 0 Å². The lowest BCUT2D eigenvalue weighted by Crippen LogP contribution is -2.28. The van der Waals surface area contributed by atoms with Gasteiger partial charge in [0.1, 0.15) is 0 Å². The van der Waals surface area contributed by atoms with Crippen molar-refractivity contribution in [3.05, 3.63) is 131 Å². The molecule has 0 bridgehead atoms. The van der Waals surface area contributed by atoms with E-state index in [0.717, 1.165) is 0 Å². The maximum Gasteiger partial charge on any atom is 0.0991 e. The maximum absolute atomic E-state index is 9.24. The average molecular weight is 343 g/mol. The molecule has 1 heteroatoms. The zero-order valence-corrected chi connectivity index (χ0v) is 14.8. The summed E-state index contributed by atoms with van der Waals surface area (Å²) < 4.78 is 0. The van der Waals surface area contributed by atoms with E-state index in [1.165, 1.54) is 33.4 Å². The third kappa shape index (κ3) is 2.11. The second-order valence-corrected chi connectivity index (χ2v) is 6.90. The molecule has 0 heterocycles. The van der Waals surface area contributed by atoms with Gasteiger partial charge in [-0.3, -0.25) is 0 Å². The van der Waals surface area contributed by atoms with Crippen LogP contribution in [0.15, 0.2) is 103 Å². The molecule has 4 aromatic rings. The Bertz CT molecular complexity index is 1120. The second kappa shape index (κ2) is 5.97. The molecule has 0 N–H and O–H groups in total. The van der Waals surface area contributed by atoms with E-state index in [9.17, 15) is 5.26 Å². The number of hydrogen-bond acceptors (Lipinski definition) is 1. The van der Waals surface area contributed by atoms with Crippen molar-refractivity contribution >= 4 is 0 Å². The largest absolute Gasteiger partial charge is 0.192 e. The monoisotopic (exact) mass is 343 g/mol. The summed E-state index contributed by atoms with van der Waals surface area (Å²) in [7, 11) is 0. The minimum absolute atomic E-state index is 0.373. The number of fused-ring (bicyclic) bond motifs is 3. The number of nitriles is 1. The summed E-state index contributed by atoms with van der Waals surface area (Å²) in [5.41, 5.74) is 7.88. The smallest absolute Gasteiger partial charge is 0.0991 e. The normalized spacial score (nSPS) is 13.4. The molecule has 0 aliphatic heterocycles. The van der Waals surface area contributed by atoms with Gasteiger partial charge in [-0.1, -0.05) is 91.0 Å². The molecule has 126 valence electrons. The van der Waals surface area contributed by atoms with Crippen molar-refractivity contribution in [3.8, 4) is 17.2 Å². The van der Waals surface area contributed by atoms with Crippen molar-refractivity contribution in [1.29, 1.82) is 5.26 Å². The molecule has 0 radical (unpaired) electrons. The summed E-state index contributed by atoms with van der Waals surface area (Å²) in [5.74, 6) is 0. The van der Waals surface area contributed by atoms with E-state index in [2.05, 4.69) is 97.1 Å². The van der Waals surface area contributed by atoms with E-state index in [1.54, 1.807) is 0 Å². The third-order valence-corrected chi connectivity index (χ3v) is 5.61. The van der Waals surface area contributed by atoms with Gasteiger partial charge in [0.25, 0.3) is 0 Å². The van der Waals surface area contributed by atoms with Gasteiger partial charge < -0.3 is 0 Å². The van der Waals surface area contributed by atoms with Gasteiger partial charge in [-0.2, -0.15) is 5.26 Å². The summed E-state index contributed by atoms with van der Waals surface area (Å²) >= 11 is 0. The lowest BCUT2D eigenvalue weighted by atomic mass is 9.67. The Kier molecular flexibility index (Phi) is 3.45. The molecule has 1 aliphatic carbocycles. The molecule has 5 rings (SSSR count). The van der Waals surface area contributed by atoms with Gasteiger partial charge in [-0.25, -0.2) is 0 Å². The summed E-state index contributed by atoms with van der Waals surface area (Å²) in [4.78, 5) is 0. The minimum atomic E-state index is -0.373. The third-order valence-electron chi connectivity index (χ3n) is 5.61. The van der Waals surface area contributed by atoms with Crippen LogP contribution in [-0.2, 0) is 5.41 Å². The van der Waals surface area contributed by atoms with Crippen molar-refractivity contribution in [2.24, 2.45) is 0 Å². The molecule has 27 heavy (non-hydrogen) atoms. The van der Waals surface area contributed by atoms with Crippen molar-refractivity contribution in [1.82, 2.24) is 0 Å². The van der Waals surface area contributed by atoms with Crippen LogP contribution in [0.2, 0.25) is 0 Å². The first-order chi connectivity index (χ1) is 13.4. The van der Waals surface area contributed by atoms with Gasteiger partial charge in [0.05, 0.1) is 17.0 Å². The van der Waals surface area contributed by atoms with E-state index >= 15 is 0 Å². The van der Waals surface area contributed by atoms with Gasteiger partial charge in [0.2, 0.25) is 0 Å². The zero-order valence-electron chi connectivity index (χ0n) is 14.8. The molecule has 0 spiro atoms. The Morgan fingerprint density at radius 1 is 0.519 bits per heavy atom. The fourth-order valence-electron chi connectivity index (χ4n) is 4.51. The topological polar surface area (TPSA) is 23.8 Å². The molecule has 1 nitrogen and oxygen atoms in total. The number of benzene rings is 4. The van der Waals surface area contributed by atoms with Crippen molar-refractivity contribution < 1.29 is 0 Å². The van der Waals surface area contributed by atoms with Crippen LogP contribution >= 0.6 is 0 Å². The Balaban J connectivity index is 1.94. The highest BCUT2D eigenvalue weighted by molar-refractivity contribution is 5.86. The fraction of sp³-hybridized carbons (Fsp3) is 0.0385. The molecule has 0 unspecified atom stereocenters. The second-order valence-electron chi connectivity index (χ2n) is 6.90. The van der Waals surface area contributed by atoms with Crippen LogP contribution < -0.4 is 0 Å². The number of hydrogen-bond donors (Lipinski definition) is 0. The predicted octanol–water partition coefficient (Wildman–Crippen LogP) is 5.92. The van der Waals surface area contributed by atoms with E-state index in [-0.39, 0.29) is 5.41 Å². The molecule has 0 saturated heterocycles. The van der Waals surface area contributed by atoms with E-state index in [4.69, 9.17) is 0 Å². The molecule has 0 aromatic heterocycles. The Morgan fingerprint density at radius 3 is 1.56 bits per heavy atom. The van der Waals surface area contributed by atoms with Gasteiger partial charge in [0.15, 0.2) is 0 Å². The molecule has 1 aliphatic rings. The first-order valence-electron chi connectivity index (χ1n) is 9.11. The van der Waals surface area contributed by atoms with Crippen LogP contribution in [0.5, 0.6) is 0 Å². The standard InChI is InChI=1S/C26H17N/c27-18-19-14-16-21(17-15-19)26(20-8-2-1-3-9-20)24-12-6-4-10-22(24)23-11-5-7-13-25(23)26/h1-17H. The zero-order chi connectivity index (χ0) is 18.3. The Labute approximate surface area is 159 Å². The van der Waals surface area contributed by atoms with Crippen LogP contribution in [0.4, 0.5) is 0 Å². The molecular formula is C26H17N. The predicted molar refractivity (Wildman–Crippen MR) is 108 cm³/mol. The van der Waals surface area contributed by atoms with E-state index in [0.29, 0.717) is 5.56 Å². The fourth-order valence-corrected chi connectivity index (χ4v) is 4.51. The lowest BCUT2D eigenvalue weighted by molar-refractivity contribution is 0.768. The van der Waals surface area contributed by atoms with Gasteiger partial charge in [-0.05, 0) is 45.5 Å². The van der Waals surface area contributed by atoms with Gasteiger partial charge in [0, 0.05) is 0 Å². The molecule has 0 amide bonds. The summed E-state index contributed by atoms with van der Waals surface area (Å²) in [6.07, 6.45) is 0. The highest BCUT2D eigenvalue weighted by atomic mass is 14.5. The average Bonchev–Trinajstić information content (AvgIpc) is 3.06. The SMILES string of the molecule is N#Cc1ccc(C2(c3ccccc3)c3ccccc3-c3ccccc32)cc1. The van der Waals surface area contributed by atoms with Crippen LogP contribution in [0.25, 0.3) is 11.1 Å².